The molecule has 0 amide bonds. The molecule has 0 unspecified atom stereocenters. The largest absolute Gasteiger partial charge is 0.497 e. The van der Waals surface area contributed by atoms with Crippen LogP contribution in [0.15, 0.2) is 64.8 Å². The van der Waals surface area contributed by atoms with Crippen LogP contribution in [-0.2, 0) is 0 Å². The fraction of sp³-hybridized carbons (Fsp3) is 0.0476. The van der Waals surface area contributed by atoms with E-state index in [1.807, 2.05) is 72.1 Å². The molecule has 0 aliphatic heterocycles. The van der Waals surface area contributed by atoms with Crippen LogP contribution in [0.25, 0.3) is 28.7 Å². The molecule has 0 aliphatic carbocycles. The summed E-state index contributed by atoms with van der Waals surface area (Å²) in [5.74, 6) is 1.27. The maximum Gasteiger partial charge on any atom is 0.266 e. The molecule has 27 heavy (non-hydrogen) atoms. The van der Waals surface area contributed by atoms with Gasteiger partial charge in [0.2, 0.25) is 0 Å². The Hall–Kier alpha value is -2.45. The number of benzene rings is 2. The third-order valence-corrected chi connectivity index (χ3v) is 5.62. The number of hydrogen-bond donors (Lipinski definition) is 0. The van der Waals surface area contributed by atoms with Crippen molar-refractivity contribution in [2.24, 2.45) is 0 Å². The topological polar surface area (TPSA) is 44.1 Å². The summed E-state index contributed by atoms with van der Waals surface area (Å²) in [4.78, 5) is 19.2. The zero-order valence-electron chi connectivity index (χ0n) is 14.4. The van der Waals surface area contributed by atoms with Crippen molar-refractivity contribution >= 4 is 57.0 Å². The van der Waals surface area contributed by atoms with E-state index in [0.717, 1.165) is 14.1 Å². The number of nitrogens with zero attached hydrogens (tertiary/aromatic N) is 2. The van der Waals surface area contributed by atoms with Gasteiger partial charge in [0, 0.05) is 14.5 Å². The van der Waals surface area contributed by atoms with E-state index in [4.69, 9.17) is 9.72 Å². The summed E-state index contributed by atoms with van der Waals surface area (Å²) in [7, 11) is 1.61. The molecule has 0 N–H and O–H groups in total. The number of methoxy groups -OCH3 is 1. The molecule has 0 saturated carbocycles. The van der Waals surface area contributed by atoms with Gasteiger partial charge < -0.3 is 4.74 Å². The maximum absolute atomic E-state index is 13.3. The third-order valence-electron chi connectivity index (χ3n) is 4.11. The molecule has 134 valence electrons. The molecule has 0 fully saturated rings. The summed E-state index contributed by atoms with van der Waals surface area (Å²) in [6.45, 7) is 0. The van der Waals surface area contributed by atoms with Crippen LogP contribution in [0.2, 0.25) is 0 Å². The van der Waals surface area contributed by atoms with Gasteiger partial charge in [0.15, 0.2) is 0 Å². The molecule has 2 aromatic carbocycles. The van der Waals surface area contributed by atoms with Crippen LogP contribution in [0.1, 0.15) is 10.7 Å². The minimum absolute atomic E-state index is 0.0994. The maximum atomic E-state index is 13.3. The molecule has 0 bridgehead atoms. The molecule has 0 aliphatic rings. The average molecular weight is 486 g/mol. The smallest absolute Gasteiger partial charge is 0.266 e. The Morgan fingerprint density at radius 2 is 2.00 bits per heavy atom. The third kappa shape index (κ3) is 3.68. The highest BCUT2D eigenvalue weighted by molar-refractivity contribution is 14.1. The lowest BCUT2D eigenvalue weighted by Crippen LogP contribution is -2.22. The predicted molar refractivity (Wildman–Crippen MR) is 120 cm³/mol. The highest BCUT2D eigenvalue weighted by atomic mass is 127. The van der Waals surface area contributed by atoms with Crippen LogP contribution < -0.4 is 10.3 Å². The highest BCUT2D eigenvalue weighted by Gasteiger charge is 2.12. The van der Waals surface area contributed by atoms with Crippen molar-refractivity contribution in [1.29, 1.82) is 0 Å². The van der Waals surface area contributed by atoms with Gasteiger partial charge in [-0.1, -0.05) is 12.1 Å². The van der Waals surface area contributed by atoms with Crippen LogP contribution in [0.3, 0.4) is 0 Å². The van der Waals surface area contributed by atoms with Gasteiger partial charge in [-0.15, -0.1) is 11.3 Å². The van der Waals surface area contributed by atoms with Gasteiger partial charge in [-0.2, -0.15) is 0 Å². The van der Waals surface area contributed by atoms with E-state index >= 15 is 0 Å². The SMILES string of the molecule is COc1cccc(-n2c(C=Cc3cccs3)nc3ccc(I)cc3c2=O)c1. The zero-order chi connectivity index (χ0) is 18.8. The first kappa shape index (κ1) is 17.9. The molecule has 0 radical (unpaired) electrons. The fourth-order valence-electron chi connectivity index (χ4n) is 2.83. The second kappa shape index (κ2) is 7.66. The van der Waals surface area contributed by atoms with Crippen LogP contribution in [-0.4, -0.2) is 16.7 Å². The van der Waals surface area contributed by atoms with Crippen molar-refractivity contribution in [3.63, 3.8) is 0 Å². The lowest BCUT2D eigenvalue weighted by Gasteiger charge is -2.12. The molecule has 4 nitrogen and oxygen atoms in total. The van der Waals surface area contributed by atoms with Crippen molar-refractivity contribution < 1.29 is 4.74 Å². The van der Waals surface area contributed by atoms with E-state index in [0.29, 0.717) is 22.5 Å². The molecular formula is C21H15IN2O2S. The second-order valence-electron chi connectivity index (χ2n) is 5.82. The number of ether oxygens (including phenoxy) is 1. The van der Waals surface area contributed by atoms with Gasteiger partial charge in [-0.25, -0.2) is 4.98 Å². The number of halogens is 1. The van der Waals surface area contributed by atoms with Gasteiger partial charge in [-0.3, -0.25) is 9.36 Å². The van der Waals surface area contributed by atoms with E-state index in [9.17, 15) is 4.79 Å². The summed E-state index contributed by atoms with van der Waals surface area (Å²) < 4.78 is 7.96. The first-order valence-corrected chi connectivity index (χ1v) is 10.2. The Labute approximate surface area is 173 Å². The summed E-state index contributed by atoms with van der Waals surface area (Å²) in [6, 6.07) is 17.2. The molecule has 6 heteroatoms. The number of thiophene rings is 1. The first-order valence-electron chi connectivity index (χ1n) is 8.24. The molecule has 0 saturated heterocycles. The van der Waals surface area contributed by atoms with Crippen LogP contribution in [0, 0.1) is 3.57 Å². The van der Waals surface area contributed by atoms with Crippen molar-refractivity contribution in [2.75, 3.05) is 7.11 Å². The fourth-order valence-corrected chi connectivity index (χ4v) is 3.94. The zero-order valence-corrected chi connectivity index (χ0v) is 17.4. The molecule has 4 aromatic rings. The Balaban J connectivity index is 1.99. The molecular weight excluding hydrogens is 471 g/mol. The Kier molecular flexibility index (Phi) is 5.09. The predicted octanol–water partition coefficient (Wildman–Crippen LogP) is 5.23. The Morgan fingerprint density at radius 1 is 1.11 bits per heavy atom. The van der Waals surface area contributed by atoms with Gasteiger partial charge >= 0.3 is 0 Å². The normalized spacial score (nSPS) is 11.3. The van der Waals surface area contributed by atoms with Gasteiger partial charge in [0.05, 0.1) is 23.7 Å². The van der Waals surface area contributed by atoms with E-state index in [-0.39, 0.29) is 5.56 Å². The van der Waals surface area contributed by atoms with Crippen molar-refractivity contribution in [3.8, 4) is 11.4 Å². The molecule has 2 heterocycles. The standard InChI is InChI=1S/C21H15IN2O2S/c1-26-16-5-2-4-15(13-16)24-20(10-8-17-6-3-11-27-17)23-19-9-7-14(22)12-18(19)21(24)25/h2-13H,1H3. The lowest BCUT2D eigenvalue weighted by atomic mass is 10.2. The van der Waals surface area contributed by atoms with E-state index in [1.54, 1.807) is 23.0 Å². The number of fused-ring (bicyclic) bond motifs is 1. The lowest BCUT2D eigenvalue weighted by molar-refractivity contribution is 0.414. The van der Waals surface area contributed by atoms with Crippen LogP contribution in [0.4, 0.5) is 0 Å². The van der Waals surface area contributed by atoms with Crippen molar-refractivity contribution in [3.05, 3.63) is 84.6 Å². The summed E-state index contributed by atoms with van der Waals surface area (Å²) in [5, 5.41) is 2.61. The van der Waals surface area contributed by atoms with Crippen molar-refractivity contribution in [1.82, 2.24) is 9.55 Å². The minimum Gasteiger partial charge on any atom is -0.497 e. The average Bonchev–Trinajstić information content (AvgIpc) is 3.20. The first-order chi connectivity index (χ1) is 13.2. The summed E-state index contributed by atoms with van der Waals surface area (Å²) in [6.07, 6.45) is 3.85. The molecule has 4 rings (SSSR count). The van der Waals surface area contributed by atoms with Gasteiger partial charge in [0.25, 0.3) is 5.56 Å². The van der Waals surface area contributed by atoms with Crippen LogP contribution >= 0.6 is 33.9 Å². The van der Waals surface area contributed by atoms with E-state index in [1.165, 1.54) is 0 Å². The minimum atomic E-state index is -0.0994. The quantitative estimate of drug-likeness (QED) is 0.371. The monoisotopic (exact) mass is 486 g/mol. The van der Waals surface area contributed by atoms with Gasteiger partial charge in [-0.05, 0) is 76.5 Å². The van der Waals surface area contributed by atoms with Gasteiger partial charge in [0.1, 0.15) is 11.6 Å². The summed E-state index contributed by atoms with van der Waals surface area (Å²) >= 11 is 3.84. The summed E-state index contributed by atoms with van der Waals surface area (Å²) in [5.41, 5.74) is 1.31. The Morgan fingerprint density at radius 3 is 2.78 bits per heavy atom. The molecule has 2 aromatic heterocycles. The number of aromatic nitrogens is 2. The Bertz CT molecular complexity index is 1200. The molecule has 0 spiro atoms. The van der Waals surface area contributed by atoms with Crippen LogP contribution in [0.5, 0.6) is 5.75 Å². The van der Waals surface area contributed by atoms with E-state index < -0.39 is 0 Å². The number of rotatable bonds is 4. The highest BCUT2D eigenvalue weighted by Crippen LogP contribution is 2.21. The second-order valence-corrected chi connectivity index (χ2v) is 8.05. The van der Waals surface area contributed by atoms with E-state index in [2.05, 4.69) is 22.6 Å². The van der Waals surface area contributed by atoms with Crippen molar-refractivity contribution in [2.45, 2.75) is 0 Å². The molecule has 0 atom stereocenters. The number of hydrogen-bond acceptors (Lipinski definition) is 4.